The fourth-order valence-corrected chi connectivity index (χ4v) is 4.25. The number of benzene rings is 2. The highest BCUT2D eigenvalue weighted by Crippen LogP contribution is 2.36. The fourth-order valence-electron chi connectivity index (χ4n) is 4.25. The molecule has 0 unspecified atom stereocenters. The number of alkyl halides is 6. The van der Waals surface area contributed by atoms with Gasteiger partial charge in [-0.1, -0.05) is 30.3 Å². The first kappa shape index (κ1) is 27.4. The summed E-state index contributed by atoms with van der Waals surface area (Å²) in [4.78, 5) is 17.5. The van der Waals surface area contributed by atoms with Crippen LogP contribution in [-0.4, -0.2) is 30.6 Å². The number of nitrogens with one attached hydrogen (secondary N) is 1. The molecule has 0 atom stereocenters. The van der Waals surface area contributed by atoms with Crippen molar-refractivity contribution >= 4 is 11.5 Å². The van der Waals surface area contributed by atoms with E-state index in [1.165, 1.54) is 6.20 Å². The summed E-state index contributed by atoms with van der Waals surface area (Å²) in [6.07, 6.45) is -6.05. The summed E-state index contributed by atoms with van der Waals surface area (Å²) in [5.41, 5.74) is 1.09. The number of halogens is 6. The van der Waals surface area contributed by atoms with Gasteiger partial charge in [0.2, 0.25) is 0 Å². The fraction of sp³-hybridized carbons (Fsp3) is 0.286. The van der Waals surface area contributed by atoms with Crippen molar-refractivity contribution in [1.29, 1.82) is 0 Å². The van der Waals surface area contributed by atoms with Crippen molar-refractivity contribution in [3.63, 3.8) is 0 Å². The van der Waals surface area contributed by atoms with Crippen LogP contribution in [0.3, 0.4) is 0 Å². The van der Waals surface area contributed by atoms with E-state index >= 15 is 0 Å². The molecule has 0 spiro atoms. The van der Waals surface area contributed by atoms with Gasteiger partial charge in [-0.25, -0.2) is 4.79 Å². The zero-order valence-electron chi connectivity index (χ0n) is 20.3. The summed E-state index contributed by atoms with van der Waals surface area (Å²) in [5, 5.41) is 3.23. The Labute approximate surface area is 215 Å². The normalized spacial score (nSPS) is 14.2. The summed E-state index contributed by atoms with van der Waals surface area (Å²) in [6, 6.07) is 10.6. The van der Waals surface area contributed by atoms with Crippen LogP contribution in [0.25, 0.3) is 16.7 Å². The number of carbonyl (C=O) groups excluding carboxylic acids is 1. The van der Waals surface area contributed by atoms with Crippen molar-refractivity contribution in [2.75, 3.05) is 19.7 Å². The lowest BCUT2D eigenvalue weighted by molar-refractivity contribution is -0.143. The first-order chi connectivity index (χ1) is 17.9. The second-order valence-corrected chi connectivity index (χ2v) is 8.91. The van der Waals surface area contributed by atoms with Gasteiger partial charge in [-0.3, -0.25) is 4.98 Å². The minimum atomic E-state index is -4.95. The molecular formula is C28H24F6N2O2. The smallest absolute Gasteiger partial charge is 0.416 e. The molecular weight excluding hydrogens is 510 g/mol. The number of hydrogen-bond donors (Lipinski definition) is 1. The first-order valence-electron chi connectivity index (χ1n) is 11.8. The Morgan fingerprint density at radius 3 is 2.26 bits per heavy atom. The highest BCUT2D eigenvalue weighted by Gasteiger charge is 2.36. The molecule has 1 aromatic heterocycles. The molecule has 1 aliphatic heterocycles. The Hall–Kier alpha value is -3.66. The van der Waals surface area contributed by atoms with Crippen molar-refractivity contribution in [3.05, 3.63) is 94.3 Å². The number of aryl methyl sites for hydroxylation is 1. The van der Waals surface area contributed by atoms with Crippen LogP contribution in [-0.2, 0) is 23.5 Å². The largest absolute Gasteiger partial charge is 0.462 e. The molecule has 3 aromatic rings. The molecule has 2 aromatic carbocycles. The molecule has 4 nitrogen and oxygen atoms in total. The molecule has 200 valence electrons. The SMILES string of the molecule is Cc1ccccc1-c1cc(C2=CCNCC2)ncc1C(=O)OCCc1cc(C(F)(F)F)cc(C(F)(F)F)c1. The van der Waals surface area contributed by atoms with Crippen LogP contribution in [0.4, 0.5) is 26.3 Å². The van der Waals surface area contributed by atoms with Crippen molar-refractivity contribution in [1.82, 2.24) is 10.3 Å². The van der Waals surface area contributed by atoms with E-state index in [9.17, 15) is 31.1 Å². The Morgan fingerprint density at radius 2 is 1.66 bits per heavy atom. The minimum absolute atomic E-state index is 0.0645. The second-order valence-electron chi connectivity index (χ2n) is 8.91. The van der Waals surface area contributed by atoms with Gasteiger partial charge in [0.25, 0.3) is 0 Å². The molecule has 0 saturated heterocycles. The molecule has 0 radical (unpaired) electrons. The Bertz CT molecular complexity index is 1330. The molecule has 0 fully saturated rings. The van der Waals surface area contributed by atoms with Crippen molar-refractivity contribution in [2.24, 2.45) is 0 Å². The standard InChI is InChI=1S/C28H24F6N2O2/c1-17-4-2-3-5-22(17)23-15-25(19-6-9-35-10-7-19)36-16-24(23)26(37)38-11-8-18-12-20(27(29,30)31)14-21(13-18)28(32,33)34/h2-6,12-16,35H,7-11H2,1H3. The van der Waals surface area contributed by atoms with E-state index in [1.54, 1.807) is 6.07 Å². The van der Waals surface area contributed by atoms with E-state index in [0.29, 0.717) is 29.9 Å². The molecule has 0 saturated carbocycles. The second kappa shape index (κ2) is 11.0. The van der Waals surface area contributed by atoms with Crippen LogP contribution < -0.4 is 5.32 Å². The molecule has 4 rings (SSSR count). The zero-order valence-corrected chi connectivity index (χ0v) is 20.3. The summed E-state index contributed by atoms with van der Waals surface area (Å²) < 4.78 is 84.2. The Morgan fingerprint density at radius 1 is 0.974 bits per heavy atom. The average molecular weight is 535 g/mol. The van der Waals surface area contributed by atoms with Crippen LogP contribution in [0.2, 0.25) is 0 Å². The van der Waals surface area contributed by atoms with Crippen LogP contribution >= 0.6 is 0 Å². The molecule has 10 heteroatoms. The predicted octanol–water partition coefficient (Wildman–Crippen LogP) is 6.87. The average Bonchev–Trinajstić information content (AvgIpc) is 2.88. The van der Waals surface area contributed by atoms with Gasteiger partial charge in [-0.05, 0) is 66.4 Å². The number of ether oxygens (including phenoxy) is 1. The number of pyridine rings is 1. The van der Waals surface area contributed by atoms with E-state index in [4.69, 9.17) is 4.74 Å². The molecule has 0 aliphatic carbocycles. The van der Waals surface area contributed by atoms with Gasteiger partial charge in [0.1, 0.15) is 0 Å². The van der Waals surface area contributed by atoms with E-state index in [-0.39, 0.29) is 23.6 Å². The van der Waals surface area contributed by atoms with Crippen LogP contribution in [0.1, 0.15) is 44.7 Å². The third-order valence-corrected chi connectivity index (χ3v) is 6.22. The van der Waals surface area contributed by atoms with E-state index in [2.05, 4.69) is 10.3 Å². The predicted molar refractivity (Wildman–Crippen MR) is 130 cm³/mol. The van der Waals surface area contributed by atoms with E-state index in [1.807, 2.05) is 37.3 Å². The van der Waals surface area contributed by atoms with Gasteiger partial charge in [-0.15, -0.1) is 0 Å². The lowest BCUT2D eigenvalue weighted by Gasteiger charge is -2.17. The molecule has 0 bridgehead atoms. The van der Waals surface area contributed by atoms with Gasteiger partial charge in [0, 0.05) is 24.7 Å². The number of hydrogen-bond acceptors (Lipinski definition) is 4. The maximum absolute atomic E-state index is 13.1. The van der Waals surface area contributed by atoms with Gasteiger partial charge in [0.05, 0.1) is 29.0 Å². The summed E-state index contributed by atoms with van der Waals surface area (Å²) >= 11 is 0. The highest BCUT2D eigenvalue weighted by molar-refractivity contribution is 5.98. The van der Waals surface area contributed by atoms with E-state index < -0.39 is 36.1 Å². The quantitative estimate of drug-likeness (QED) is 0.277. The van der Waals surface area contributed by atoms with Crippen LogP contribution in [0.5, 0.6) is 0 Å². The Kier molecular flexibility index (Phi) is 7.91. The summed E-state index contributed by atoms with van der Waals surface area (Å²) in [7, 11) is 0. The summed E-state index contributed by atoms with van der Waals surface area (Å²) in [5.74, 6) is -0.774. The number of carbonyl (C=O) groups is 1. The first-order valence-corrected chi connectivity index (χ1v) is 11.8. The van der Waals surface area contributed by atoms with Crippen molar-refractivity contribution in [2.45, 2.75) is 32.1 Å². The maximum Gasteiger partial charge on any atom is 0.416 e. The van der Waals surface area contributed by atoms with Crippen molar-refractivity contribution in [3.8, 4) is 11.1 Å². The lowest BCUT2D eigenvalue weighted by atomic mass is 9.94. The number of nitrogens with zero attached hydrogens (tertiary/aromatic N) is 1. The number of aromatic nitrogens is 1. The molecule has 1 aliphatic rings. The zero-order chi connectivity index (χ0) is 27.5. The van der Waals surface area contributed by atoms with Gasteiger partial charge in [-0.2, -0.15) is 26.3 Å². The van der Waals surface area contributed by atoms with Gasteiger partial charge < -0.3 is 10.1 Å². The van der Waals surface area contributed by atoms with Crippen LogP contribution in [0, 0.1) is 6.92 Å². The molecule has 38 heavy (non-hydrogen) atoms. The third-order valence-electron chi connectivity index (χ3n) is 6.22. The maximum atomic E-state index is 13.1. The number of esters is 1. The topological polar surface area (TPSA) is 51.2 Å². The van der Waals surface area contributed by atoms with Crippen molar-refractivity contribution < 1.29 is 35.9 Å². The van der Waals surface area contributed by atoms with E-state index in [0.717, 1.165) is 29.7 Å². The molecule has 1 N–H and O–H groups in total. The minimum Gasteiger partial charge on any atom is -0.462 e. The Balaban J connectivity index is 1.59. The monoisotopic (exact) mass is 534 g/mol. The third kappa shape index (κ3) is 6.42. The lowest BCUT2D eigenvalue weighted by Crippen LogP contribution is -2.20. The number of rotatable bonds is 6. The van der Waals surface area contributed by atoms with Gasteiger partial charge in [0.15, 0.2) is 0 Å². The molecule has 2 heterocycles. The molecule has 0 amide bonds. The highest BCUT2D eigenvalue weighted by atomic mass is 19.4. The van der Waals surface area contributed by atoms with Gasteiger partial charge >= 0.3 is 18.3 Å². The van der Waals surface area contributed by atoms with Crippen LogP contribution in [0.15, 0.2) is 60.8 Å². The summed E-state index contributed by atoms with van der Waals surface area (Å²) in [6.45, 7) is 2.97.